The highest BCUT2D eigenvalue weighted by Gasteiger charge is 2.59. The molecule has 1 heterocycles. The molecular formula is C16H21NO3. The first-order chi connectivity index (χ1) is 9.66. The number of amides is 2. The van der Waals surface area contributed by atoms with Crippen LogP contribution >= 0.6 is 0 Å². The number of carbonyl (C=O) groups excluding carboxylic acids is 2. The van der Waals surface area contributed by atoms with Crippen molar-refractivity contribution in [2.45, 2.75) is 38.2 Å². The van der Waals surface area contributed by atoms with E-state index in [9.17, 15) is 14.7 Å². The molecule has 4 nitrogen and oxygen atoms in total. The fraction of sp³-hybridized carbons (Fsp3) is 0.750. The van der Waals surface area contributed by atoms with Crippen molar-refractivity contribution in [1.82, 2.24) is 4.90 Å². The summed E-state index contributed by atoms with van der Waals surface area (Å²) < 4.78 is 0. The largest absolute Gasteiger partial charge is 0.393 e. The first kappa shape index (κ1) is 12.6. The first-order valence-electron chi connectivity index (χ1n) is 7.88. The Labute approximate surface area is 118 Å². The minimum absolute atomic E-state index is 0.0228. The number of hydrogen-bond donors (Lipinski definition) is 1. The van der Waals surface area contributed by atoms with E-state index in [1.165, 1.54) is 4.90 Å². The predicted molar refractivity (Wildman–Crippen MR) is 72.4 cm³/mol. The molecule has 0 aromatic heterocycles. The summed E-state index contributed by atoms with van der Waals surface area (Å²) >= 11 is 0. The SMILES string of the molecule is O=C1C2C3C=CC(C3)C2C(=O)N1CC1CCCCC1O. The molecule has 4 rings (SSSR count). The van der Waals surface area contributed by atoms with Gasteiger partial charge in [-0.25, -0.2) is 0 Å². The van der Waals surface area contributed by atoms with Crippen LogP contribution in [0.1, 0.15) is 32.1 Å². The average Bonchev–Trinajstić information content (AvgIpc) is 3.10. The lowest BCUT2D eigenvalue weighted by Crippen LogP contribution is -2.41. The summed E-state index contributed by atoms with van der Waals surface area (Å²) in [6.07, 6.45) is 8.76. The number of allylic oxidation sites excluding steroid dienone is 2. The van der Waals surface area contributed by atoms with Gasteiger partial charge in [0, 0.05) is 12.5 Å². The zero-order valence-electron chi connectivity index (χ0n) is 11.6. The lowest BCUT2D eigenvalue weighted by atomic mass is 9.85. The maximum Gasteiger partial charge on any atom is 0.233 e. The number of fused-ring (bicyclic) bond motifs is 5. The van der Waals surface area contributed by atoms with E-state index in [0.717, 1.165) is 32.1 Å². The van der Waals surface area contributed by atoms with Crippen LogP contribution < -0.4 is 0 Å². The fourth-order valence-electron chi connectivity index (χ4n) is 4.78. The zero-order valence-corrected chi connectivity index (χ0v) is 11.6. The molecule has 0 aromatic carbocycles. The van der Waals surface area contributed by atoms with Crippen molar-refractivity contribution >= 4 is 11.8 Å². The Balaban J connectivity index is 1.53. The number of rotatable bonds is 2. The Morgan fingerprint density at radius 3 is 2.25 bits per heavy atom. The predicted octanol–water partition coefficient (Wildman–Crippen LogP) is 1.34. The van der Waals surface area contributed by atoms with Crippen molar-refractivity contribution in [3.05, 3.63) is 12.2 Å². The van der Waals surface area contributed by atoms with Crippen LogP contribution in [0.4, 0.5) is 0 Å². The number of nitrogens with zero attached hydrogens (tertiary/aromatic N) is 1. The summed E-state index contributed by atoms with van der Waals surface area (Å²) in [6.45, 7) is 0.436. The maximum atomic E-state index is 12.6. The molecule has 4 aliphatic rings. The molecule has 6 atom stereocenters. The highest BCUT2D eigenvalue weighted by molar-refractivity contribution is 6.06. The van der Waals surface area contributed by atoms with Gasteiger partial charge in [-0.15, -0.1) is 0 Å². The second-order valence-corrected chi connectivity index (χ2v) is 6.90. The standard InChI is InChI=1S/C16H21NO3/c18-12-4-2-1-3-11(12)8-17-15(19)13-9-5-6-10(7-9)14(13)16(17)20/h5-6,9-14,18H,1-4,7-8H2. The van der Waals surface area contributed by atoms with Crippen LogP contribution in [0, 0.1) is 29.6 Å². The van der Waals surface area contributed by atoms with E-state index in [2.05, 4.69) is 12.2 Å². The van der Waals surface area contributed by atoms with Crippen LogP contribution in [-0.4, -0.2) is 34.5 Å². The molecule has 1 N–H and O–H groups in total. The van der Waals surface area contributed by atoms with Gasteiger partial charge in [0.15, 0.2) is 0 Å². The van der Waals surface area contributed by atoms with Gasteiger partial charge < -0.3 is 5.11 Å². The summed E-state index contributed by atoms with van der Waals surface area (Å²) in [5.74, 6) is 0.493. The Hall–Kier alpha value is -1.16. The van der Waals surface area contributed by atoms with Crippen LogP contribution in [-0.2, 0) is 9.59 Å². The van der Waals surface area contributed by atoms with Crippen LogP contribution in [0.15, 0.2) is 12.2 Å². The number of imide groups is 1. The number of aliphatic hydroxyl groups is 1. The van der Waals surface area contributed by atoms with Gasteiger partial charge in [0.1, 0.15) is 0 Å². The Morgan fingerprint density at radius 1 is 1.05 bits per heavy atom. The van der Waals surface area contributed by atoms with E-state index >= 15 is 0 Å². The quantitative estimate of drug-likeness (QED) is 0.611. The Kier molecular flexibility index (Phi) is 2.78. The van der Waals surface area contributed by atoms with E-state index in [1.807, 2.05) is 0 Å². The third-order valence-corrected chi connectivity index (χ3v) is 5.85. The number of hydrogen-bond acceptors (Lipinski definition) is 3. The minimum atomic E-state index is -0.348. The molecular weight excluding hydrogens is 254 g/mol. The van der Waals surface area contributed by atoms with Crippen molar-refractivity contribution in [1.29, 1.82) is 0 Å². The van der Waals surface area contributed by atoms with Gasteiger partial charge in [-0.3, -0.25) is 14.5 Å². The van der Waals surface area contributed by atoms with Gasteiger partial charge >= 0.3 is 0 Å². The average molecular weight is 275 g/mol. The Morgan fingerprint density at radius 2 is 1.65 bits per heavy atom. The third-order valence-electron chi connectivity index (χ3n) is 5.85. The second-order valence-electron chi connectivity index (χ2n) is 6.90. The number of likely N-dealkylation sites (tertiary alicyclic amines) is 1. The summed E-state index contributed by atoms with van der Waals surface area (Å²) in [5.41, 5.74) is 0. The van der Waals surface area contributed by atoms with E-state index in [1.54, 1.807) is 0 Å². The van der Waals surface area contributed by atoms with Crippen molar-refractivity contribution < 1.29 is 14.7 Å². The summed E-state index contributed by atoms with van der Waals surface area (Å²) in [5, 5.41) is 10.1. The fourth-order valence-corrected chi connectivity index (χ4v) is 4.78. The molecule has 6 unspecified atom stereocenters. The molecule has 0 aromatic rings. The summed E-state index contributed by atoms with van der Waals surface area (Å²) in [4.78, 5) is 26.6. The van der Waals surface area contributed by atoms with Crippen molar-refractivity contribution in [2.24, 2.45) is 29.6 Å². The van der Waals surface area contributed by atoms with Gasteiger partial charge in [0.05, 0.1) is 17.9 Å². The number of carbonyl (C=O) groups is 2. The van der Waals surface area contributed by atoms with Gasteiger partial charge in [-0.1, -0.05) is 25.0 Å². The van der Waals surface area contributed by atoms with Crippen LogP contribution in [0.25, 0.3) is 0 Å². The summed E-state index contributed by atoms with van der Waals surface area (Å²) in [7, 11) is 0. The van der Waals surface area contributed by atoms with Gasteiger partial charge in [-0.05, 0) is 31.1 Å². The lowest BCUT2D eigenvalue weighted by molar-refractivity contribution is -0.142. The molecule has 3 fully saturated rings. The number of aliphatic hydroxyl groups excluding tert-OH is 1. The monoisotopic (exact) mass is 275 g/mol. The zero-order chi connectivity index (χ0) is 13.9. The Bertz CT molecular complexity index is 456. The minimum Gasteiger partial charge on any atom is -0.393 e. The van der Waals surface area contributed by atoms with Crippen molar-refractivity contribution in [3.63, 3.8) is 0 Å². The first-order valence-corrected chi connectivity index (χ1v) is 7.88. The molecule has 1 saturated heterocycles. The van der Waals surface area contributed by atoms with Gasteiger partial charge in [-0.2, -0.15) is 0 Å². The van der Waals surface area contributed by atoms with Gasteiger partial charge in [0.25, 0.3) is 0 Å². The van der Waals surface area contributed by atoms with Crippen LogP contribution in [0.3, 0.4) is 0 Å². The summed E-state index contributed by atoms with van der Waals surface area (Å²) in [6, 6.07) is 0. The third kappa shape index (κ3) is 1.63. The van der Waals surface area contributed by atoms with Crippen molar-refractivity contribution in [2.75, 3.05) is 6.54 Å². The van der Waals surface area contributed by atoms with E-state index in [0.29, 0.717) is 6.54 Å². The molecule has 0 spiro atoms. The molecule has 2 amide bonds. The molecule has 4 heteroatoms. The molecule has 20 heavy (non-hydrogen) atoms. The van der Waals surface area contributed by atoms with Gasteiger partial charge in [0.2, 0.25) is 11.8 Å². The molecule has 108 valence electrons. The highest BCUT2D eigenvalue weighted by atomic mass is 16.3. The molecule has 1 aliphatic heterocycles. The van der Waals surface area contributed by atoms with E-state index in [-0.39, 0.29) is 47.5 Å². The van der Waals surface area contributed by atoms with E-state index < -0.39 is 0 Å². The molecule has 3 aliphatic carbocycles. The highest BCUT2D eigenvalue weighted by Crippen LogP contribution is 2.52. The maximum absolute atomic E-state index is 12.6. The van der Waals surface area contributed by atoms with Crippen LogP contribution in [0.5, 0.6) is 0 Å². The van der Waals surface area contributed by atoms with Crippen LogP contribution in [0.2, 0.25) is 0 Å². The van der Waals surface area contributed by atoms with E-state index in [4.69, 9.17) is 0 Å². The topological polar surface area (TPSA) is 57.6 Å². The molecule has 2 saturated carbocycles. The lowest BCUT2D eigenvalue weighted by Gasteiger charge is -2.30. The second kappa shape index (κ2) is 4.42. The van der Waals surface area contributed by atoms with Crippen molar-refractivity contribution in [3.8, 4) is 0 Å². The molecule has 2 bridgehead atoms. The molecule has 0 radical (unpaired) electrons. The normalized spacial score (nSPS) is 46.4. The smallest absolute Gasteiger partial charge is 0.233 e.